The highest BCUT2D eigenvalue weighted by Crippen LogP contribution is 2.17. The fourth-order valence-corrected chi connectivity index (χ4v) is 2.02. The zero-order chi connectivity index (χ0) is 16.2. The van der Waals surface area contributed by atoms with Crippen LogP contribution in [0.25, 0.3) is 0 Å². The standard InChI is InChI=1S/C18H23BrO3/c1-4-17(11-10-15(3)20-5-2)21-12-7-13-22-18-9-6-8-16(19)14-18/h4,6,8-11,14H,1,5,7,12-13H2,2-3H3/b15-10+,17-11+. The van der Waals surface area contributed by atoms with Crippen molar-refractivity contribution in [3.63, 3.8) is 0 Å². The van der Waals surface area contributed by atoms with Crippen LogP contribution in [0, 0.1) is 0 Å². The van der Waals surface area contributed by atoms with E-state index in [4.69, 9.17) is 14.2 Å². The van der Waals surface area contributed by atoms with Gasteiger partial charge in [-0.3, -0.25) is 0 Å². The minimum atomic E-state index is 0.577. The Balaban J connectivity index is 2.28. The molecule has 0 bridgehead atoms. The third-order valence-corrected chi connectivity index (χ3v) is 3.17. The molecule has 1 aromatic rings. The van der Waals surface area contributed by atoms with Gasteiger partial charge in [-0.15, -0.1) is 0 Å². The van der Waals surface area contributed by atoms with Crippen molar-refractivity contribution < 1.29 is 14.2 Å². The molecule has 1 aromatic carbocycles. The first-order valence-corrected chi connectivity index (χ1v) is 8.10. The van der Waals surface area contributed by atoms with Crippen molar-refractivity contribution in [2.45, 2.75) is 20.3 Å². The fraction of sp³-hybridized carbons (Fsp3) is 0.333. The Morgan fingerprint density at radius 1 is 1.23 bits per heavy atom. The van der Waals surface area contributed by atoms with Crippen LogP contribution in [0.2, 0.25) is 0 Å². The van der Waals surface area contributed by atoms with Crippen LogP contribution in [0.1, 0.15) is 20.3 Å². The molecule has 0 atom stereocenters. The first-order chi connectivity index (χ1) is 10.7. The predicted octanol–water partition coefficient (Wildman–Crippen LogP) is 5.24. The van der Waals surface area contributed by atoms with E-state index >= 15 is 0 Å². The molecule has 0 aliphatic rings. The van der Waals surface area contributed by atoms with Gasteiger partial charge in [0.2, 0.25) is 0 Å². The second kappa shape index (κ2) is 11.0. The highest BCUT2D eigenvalue weighted by Gasteiger charge is 1.96. The lowest BCUT2D eigenvalue weighted by molar-refractivity contribution is 0.191. The van der Waals surface area contributed by atoms with Crippen molar-refractivity contribution in [3.8, 4) is 5.75 Å². The summed E-state index contributed by atoms with van der Waals surface area (Å²) in [5.74, 6) is 2.43. The van der Waals surface area contributed by atoms with Crippen LogP contribution >= 0.6 is 15.9 Å². The summed E-state index contributed by atoms with van der Waals surface area (Å²) in [5, 5.41) is 0. The summed E-state index contributed by atoms with van der Waals surface area (Å²) in [4.78, 5) is 0. The smallest absolute Gasteiger partial charge is 0.120 e. The van der Waals surface area contributed by atoms with Crippen LogP contribution in [-0.2, 0) is 9.47 Å². The van der Waals surface area contributed by atoms with E-state index in [-0.39, 0.29) is 0 Å². The van der Waals surface area contributed by atoms with E-state index in [1.165, 1.54) is 0 Å². The average molecular weight is 367 g/mol. The predicted molar refractivity (Wildman–Crippen MR) is 93.9 cm³/mol. The molecule has 0 N–H and O–H groups in total. The van der Waals surface area contributed by atoms with Crippen LogP contribution in [0.3, 0.4) is 0 Å². The fourth-order valence-electron chi connectivity index (χ4n) is 1.65. The molecule has 120 valence electrons. The lowest BCUT2D eigenvalue weighted by Crippen LogP contribution is -2.02. The zero-order valence-electron chi connectivity index (χ0n) is 13.2. The normalized spacial score (nSPS) is 12.0. The lowest BCUT2D eigenvalue weighted by Gasteiger charge is -2.08. The molecule has 0 spiro atoms. The van der Waals surface area contributed by atoms with Crippen molar-refractivity contribution in [1.82, 2.24) is 0 Å². The second-order valence-electron chi connectivity index (χ2n) is 4.49. The van der Waals surface area contributed by atoms with Crippen LogP contribution < -0.4 is 4.74 Å². The molecule has 1 rings (SSSR count). The van der Waals surface area contributed by atoms with E-state index in [2.05, 4.69) is 22.5 Å². The highest BCUT2D eigenvalue weighted by atomic mass is 79.9. The largest absolute Gasteiger partial charge is 0.499 e. The number of hydrogen-bond acceptors (Lipinski definition) is 3. The molecule has 3 nitrogen and oxygen atoms in total. The van der Waals surface area contributed by atoms with Gasteiger partial charge >= 0.3 is 0 Å². The number of ether oxygens (including phenoxy) is 3. The summed E-state index contributed by atoms with van der Waals surface area (Å²) in [6, 6.07) is 7.79. The first kappa shape index (κ1) is 18.4. The number of rotatable bonds is 10. The molecule has 0 saturated heterocycles. The van der Waals surface area contributed by atoms with E-state index in [1.807, 2.05) is 50.3 Å². The van der Waals surface area contributed by atoms with E-state index in [0.717, 1.165) is 28.2 Å². The monoisotopic (exact) mass is 366 g/mol. The Bertz CT molecular complexity index is 521. The Morgan fingerprint density at radius 2 is 2.05 bits per heavy atom. The third-order valence-electron chi connectivity index (χ3n) is 2.68. The van der Waals surface area contributed by atoms with Gasteiger partial charge in [0.05, 0.1) is 25.6 Å². The van der Waals surface area contributed by atoms with Crippen LogP contribution in [0.15, 0.2) is 65.1 Å². The van der Waals surface area contributed by atoms with Gasteiger partial charge in [-0.1, -0.05) is 28.6 Å². The molecule has 22 heavy (non-hydrogen) atoms. The summed E-state index contributed by atoms with van der Waals surface area (Å²) in [6.07, 6.45) is 6.21. The van der Waals surface area contributed by atoms with Crippen molar-refractivity contribution in [2.75, 3.05) is 19.8 Å². The maximum absolute atomic E-state index is 5.65. The summed E-state index contributed by atoms with van der Waals surface area (Å²) >= 11 is 3.41. The van der Waals surface area contributed by atoms with Gasteiger partial charge in [0, 0.05) is 10.9 Å². The molecule has 0 aliphatic carbocycles. The van der Waals surface area contributed by atoms with Crippen molar-refractivity contribution >= 4 is 15.9 Å². The Kier molecular flexibility index (Phi) is 9.15. The Labute approximate surface area is 141 Å². The van der Waals surface area contributed by atoms with Crippen LogP contribution in [0.5, 0.6) is 5.75 Å². The number of benzene rings is 1. The Morgan fingerprint density at radius 3 is 2.73 bits per heavy atom. The van der Waals surface area contributed by atoms with Gasteiger partial charge in [0.15, 0.2) is 0 Å². The first-order valence-electron chi connectivity index (χ1n) is 7.30. The molecule has 4 heteroatoms. The summed E-state index contributed by atoms with van der Waals surface area (Å²) in [6.45, 7) is 9.45. The van der Waals surface area contributed by atoms with Gasteiger partial charge in [-0.25, -0.2) is 0 Å². The van der Waals surface area contributed by atoms with Gasteiger partial charge in [-0.2, -0.15) is 0 Å². The van der Waals surface area contributed by atoms with Crippen LogP contribution in [-0.4, -0.2) is 19.8 Å². The van der Waals surface area contributed by atoms with E-state index in [1.54, 1.807) is 6.08 Å². The quantitative estimate of drug-likeness (QED) is 0.321. The van der Waals surface area contributed by atoms with Crippen molar-refractivity contribution in [1.29, 1.82) is 0 Å². The minimum Gasteiger partial charge on any atom is -0.499 e. The molecular weight excluding hydrogens is 344 g/mol. The summed E-state index contributed by atoms with van der Waals surface area (Å²) in [5.41, 5.74) is 0. The molecule has 0 unspecified atom stereocenters. The van der Waals surface area contributed by atoms with E-state index in [9.17, 15) is 0 Å². The van der Waals surface area contributed by atoms with Crippen molar-refractivity contribution in [3.05, 3.63) is 65.1 Å². The maximum Gasteiger partial charge on any atom is 0.120 e. The van der Waals surface area contributed by atoms with Crippen molar-refractivity contribution in [2.24, 2.45) is 0 Å². The maximum atomic E-state index is 5.65. The van der Waals surface area contributed by atoms with Crippen LogP contribution in [0.4, 0.5) is 0 Å². The third kappa shape index (κ3) is 7.93. The highest BCUT2D eigenvalue weighted by molar-refractivity contribution is 9.10. The zero-order valence-corrected chi connectivity index (χ0v) is 14.8. The average Bonchev–Trinajstić information content (AvgIpc) is 2.50. The summed E-state index contributed by atoms with van der Waals surface area (Å²) in [7, 11) is 0. The topological polar surface area (TPSA) is 27.7 Å². The molecule has 0 radical (unpaired) electrons. The molecular formula is C18H23BrO3. The van der Waals surface area contributed by atoms with E-state index in [0.29, 0.717) is 19.8 Å². The molecule has 0 aliphatic heterocycles. The lowest BCUT2D eigenvalue weighted by atomic mass is 10.3. The summed E-state index contributed by atoms with van der Waals surface area (Å²) < 4.78 is 17.6. The molecule has 0 fully saturated rings. The van der Waals surface area contributed by atoms with Gasteiger partial charge < -0.3 is 14.2 Å². The molecule has 0 amide bonds. The number of halogens is 1. The second-order valence-corrected chi connectivity index (χ2v) is 5.41. The minimum absolute atomic E-state index is 0.577. The number of allylic oxidation sites excluding steroid dienone is 4. The molecule has 0 aromatic heterocycles. The van der Waals surface area contributed by atoms with Gasteiger partial charge in [0.1, 0.15) is 11.5 Å². The molecule has 0 heterocycles. The number of hydrogen-bond donors (Lipinski definition) is 0. The van der Waals surface area contributed by atoms with E-state index < -0.39 is 0 Å². The van der Waals surface area contributed by atoms with Gasteiger partial charge in [0.25, 0.3) is 0 Å². The van der Waals surface area contributed by atoms with Gasteiger partial charge in [-0.05, 0) is 50.3 Å². The Hall–Kier alpha value is -1.68. The SMILES string of the molecule is C=C/C(=C\C=C(/C)OCC)OCCCOc1cccc(Br)c1. The molecule has 0 saturated carbocycles.